The lowest BCUT2D eigenvalue weighted by molar-refractivity contribution is -0.140. The van der Waals surface area contributed by atoms with E-state index in [4.69, 9.17) is 46.4 Å². The summed E-state index contributed by atoms with van der Waals surface area (Å²) in [7, 11) is -3.92. The molecule has 7 nitrogen and oxygen atoms in total. The van der Waals surface area contributed by atoms with Crippen molar-refractivity contribution < 1.29 is 18.0 Å². The lowest BCUT2D eigenvalue weighted by Crippen LogP contribution is -2.54. The Kier molecular flexibility index (Phi) is 9.75. The zero-order chi connectivity index (χ0) is 26.7. The molecular weight excluding hydrogens is 556 g/mol. The van der Waals surface area contributed by atoms with Gasteiger partial charge in [-0.25, -0.2) is 8.42 Å². The van der Waals surface area contributed by atoms with E-state index < -0.39 is 40.0 Å². The highest BCUT2D eigenvalue weighted by molar-refractivity contribution is 7.92. The smallest absolute Gasteiger partial charge is 0.244 e. The van der Waals surface area contributed by atoms with Gasteiger partial charge in [-0.3, -0.25) is 13.9 Å². The molecule has 0 aliphatic heterocycles. The van der Waals surface area contributed by atoms with E-state index in [0.717, 1.165) is 10.6 Å². The molecule has 2 aromatic carbocycles. The monoisotopic (exact) mass is 581 g/mol. The van der Waals surface area contributed by atoms with Crippen LogP contribution in [0, 0.1) is 0 Å². The largest absolute Gasteiger partial charge is 0.350 e. The molecule has 0 fully saturated rings. The van der Waals surface area contributed by atoms with E-state index in [9.17, 15) is 18.0 Å². The molecule has 192 valence electrons. The van der Waals surface area contributed by atoms with Crippen LogP contribution in [0.5, 0.6) is 0 Å². The Balaban J connectivity index is 2.47. The van der Waals surface area contributed by atoms with Gasteiger partial charge in [0.25, 0.3) is 0 Å². The van der Waals surface area contributed by atoms with Crippen LogP contribution in [-0.2, 0) is 26.2 Å². The number of hydrogen-bond donors (Lipinski definition) is 1. The van der Waals surface area contributed by atoms with Crippen molar-refractivity contribution >= 4 is 73.9 Å². The molecule has 2 rings (SSSR count). The molecule has 0 radical (unpaired) electrons. The fourth-order valence-corrected chi connectivity index (χ4v) is 5.00. The maximum Gasteiger partial charge on any atom is 0.244 e. The first-order valence-electron chi connectivity index (χ1n) is 10.5. The van der Waals surface area contributed by atoms with E-state index in [1.54, 1.807) is 19.1 Å². The molecule has 0 saturated heterocycles. The van der Waals surface area contributed by atoms with Gasteiger partial charge in [0, 0.05) is 32.2 Å². The van der Waals surface area contributed by atoms with Gasteiger partial charge in [0.2, 0.25) is 21.8 Å². The number of nitrogens with one attached hydrogen (secondary N) is 1. The van der Waals surface area contributed by atoms with Crippen LogP contribution in [0.2, 0.25) is 20.1 Å². The first-order valence-corrected chi connectivity index (χ1v) is 13.8. The molecule has 1 atom stereocenters. The maximum absolute atomic E-state index is 13.5. The lowest BCUT2D eigenvalue weighted by Gasteiger charge is -2.33. The summed E-state index contributed by atoms with van der Waals surface area (Å²) in [5.41, 5.74) is 0.111. The van der Waals surface area contributed by atoms with Gasteiger partial charge in [0.05, 0.1) is 11.9 Å². The van der Waals surface area contributed by atoms with Crippen molar-refractivity contribution in [2.75, 3.05) is 17.1 Å². The second-order valence-corrected chi connectivity index (χ2v) is 12.7. The Morgan fingerprint density at radius 2 is 1.54 bits per heavy atom. The van der Waals surface area contributed by atoms with Gasteiger partial charge in [0.1, 0.15) is 12.6 Å². The summed E-state index contributed by atoms with van der Waals surface area (Å²) < 4.78 is 26.1. The van der Waals surface area contributed by atoms with E-state index in [0.29, 0.717) is 15.6 Å². The average molecular weight is 583 g/mol. The molecule has 0 saturated carbocycles. The normalized spacial score (nSPS) is 12.7. The summed E-state index contributed by atoms with van der Waals surface area (Å²) in [5, 5.41) is 3.97. The van der Waals surface area contributed by atoms with Crippen LogP contribution in [0.4, 0.5) is 5.69 Å². The van der Waals surface area contributed by atoms with Gasteiger partial charge in [-0.2, -0.15) is 0 Å². The van der Waals surface area contributed by atoms with Crippen molar-refractivity contribution in [2.45, 2.75) is 45.8 Å². The Morgan fingerprint density at radius 1 is 0.971 bits per heavy atom. The topological polar surface area (TPSA) is 86.8 Å². The van der Waals surface area contributed by atoms with Gasteiger partial charge >= 0.3 is 0 Å². The second kappa shape index (κ2) is 11.6. The minimum absolute atomic E-state index is 0.0541. The zero-order valence-electron chi connectivity index (χ0n) is 19.9. The summed E-state index contributed by atoms with van der Waals surface area (Å²) in [6, 6.07) is 8.06. The van der Waals surface area contributed by atoms with Crippen molar-refractivity contribution in [3.8, 4) is 0 Å². The number of sulfonamides is 1. The molecule has 12 heteroatoms. The first kappa shape index (κ1) is 29.5. The average Bonchev–Trinajstić information content (AvgIpc) is 2.67. The number of carbonyl (C=O) groups is 2. The highest BCUT2D eigenvalue weighted by Gasteiger charge is 2.32. The number of carbonyl (C=O) groups excluding carboxylic acids is 2. The van der Waals surface area contributed by atoms with Crippen LogP contribution >= 0.6 is 46.4 Å². The Morgan fingerprint density at radius 3 is 2.03 bits per heavy atom. The summed E-state index contributed by atoms with van der Waals surface area (Å²) in [5.74, 6) is -1.04. The SMILES string of the molecule is CC(C(=O)NC(C)(C)C)N(Cc1ccc(Cl)cc1Cl)C(=O)CN(c1cc(Cl)cc(Cl)c1)S(C)(=O)=O. The Bertz CT molecular complexity index is 1200. The van der Waals surface area contributed by atoms with Gasteiger partial charge in [-0.15, -0.1) is 0 Å². The third-order valence-electron chi connectivity index (χ3n) is 4.84. The molecule has 1 N–H and O–H groups in total. The van der Waals surface area contributed by atoms with E-state index in [-0.39, 0.29) is 22.3 Å². The van der Waals surface area contributed by atoms with Crippen LogP contribution < -0.4 is 9.62 Å². The van der Waals surface area contributed by atoms with Crippen LogP contribution in [-0.4, -0.2) is 49.5 Å². The summed E-state index contributed by atoms with van der Waals surface area (Å²) in [6.45, 7) is 6.36. The van der Waals surface area contributed by atoms with Gasteiger partial charge in [0.15, 0.2) is 0 Å². The minimum Gasteiger partial charge on any atom is -0.350 e. The predicted octanol–water partition coefficient (Wildman–Crippen LogP) is 5.40. The van der Waals surface area contributed by atoms with E-state index >= 15 is 0 Å². The number of nitrogens with zero attached hydrogens (tertiary/aromatic N) is 2. The molecular formula is C23H27Cl4N3O4S. The van der Waals surface area contributed by atoms with Crippen LogP contribution in [0.3, 0.4) is 0 Å². The molecule has 1 unspecified atom stereocenters. The molecule has 0 spiro atoms. The molecule has 0 aliphatic carbocycles. The number of halogens is 4. The fraction of sp³-hybridized carbons (Fsp3) is 0.391. The third kappa shape index (κ3) is 8.72. The summed E-state index contributed by atoms with van der Waals surface area (Å²) in [6.07, 6.45) is 0.964. The van der Waals surface area contributed by atoms with E-state index in [1.165, 1.54) is 29.2 Å². The van der Waals surface area contributed by atoms with E-state index in [2.05, 4.69) is 5.32 Å². The van der Waals surface area contributed by atoms with Crippen molar-refractivity contribution in [2.24, 2.45) is 0 Å². The number of rotatable bonds is 8. The summed E-state index contributed by atoms with van der Waals surface area (Å²) >= 11 is 24.4. The highest BCUT2D eigenvalue weighted by Crippen LogP contribution is 2.28. The van der Waals surface area contributed by atoms with Crippen molar-refractivity contribution in [3.63, 3.8) is 0 Å². The van der Waals surface area contributed by atoms with E-state index in [1.807, 2.05) is 20.8 Å². The van der Waals surface area contributed by atoms with Gasteiger partial charge in [-0.05, 0) is 63.6 Å². The third-order valence-corrected chi connectivity index (χ3v) is 7.00. The van der Waals surface area contributed by atoms with Crippen molar-refractivity contribution in [1.82, 2.24) is 10.2 Å². The van der Waals surface area contributed by atoms with Crippen LogP contribution in [0.15, 0.2) is 36.4 Å². The number of anilines is 1. The minimum atomic E-state index is -3.92. The first-order chi connectivity index (χ1) is 16.0. The fourth-order valence-electron chi connectivity index (χ4n) is 3.19. The van der Waals surface area contributed by atoms with Crippen LogP contribution in [0.1, 0.15) is 33.3 Å². The highest BCUT2D eigenvalue weighted by atomic mass is 35.5. The zero-order valence-corrected chi connectivity index (χ0v) is 23.7. The molecule has 0 heterocycles. The number of hydrogen-bond acceptors (Lipinski definition) is 4. The summed E-state index contributed by atoms with van der Waals surface area (Å²) in [4.78, 5) is 27.8. The standard InChI is InChI=1S/C23H27Cl4N3O4S/c1-14(22(32)28-23(2,3)4)29(12-15-6-7-16(24)11-20(15)27)21(31)13-30(35(5,33)34)19-9-17(25)8-18(26)10-19/h6-11,14H,12-13H2,1-5H3,(H,28,32). The Hall–Kier alpha value is -1.71. The predicted molar refractivity (Wildman–Crippen MR) is 143 cm³/mol. The Labute approximate surface area is 226 Å². The van der Waals surface area contributed by atoms with Gasteiger partial charge in [-0.1, -0.05) is 52.5 Å². The second-order valence-electron chi connectivity index (χ2n) is 9.07. The maximum atomic E-state index is 13.5. The molecule has 35 heavy (non-hydrogen) atoms. The quantitative estimate of drug-likeness (QED) is 0.451. The number of amides is 2. The molecule has 0 aromatic heterocycles. The van der Waals surface area contributed by atoms with Crippen molar-refractivity contribution in [3.05, 3.63) is 62.1 Å². The molecule has 2 aromatic rings. The number of benzene rings is 2. The van der Waals surface area contributed by atoms with Gasteiger partial charge < -0.3 is 10.2 Å². The molecule has 0 bridgehead atoms. The molecule has 0 aliphatic rings. The van der Waals surface area contributed by atoms with Crippen molar-refractivity contribution in [1.29, 1.82) is 0 Å². The lowest BCUT2D eigenvalue weighted by atomic mass is 10.1. The van der Waals surface area contributed by atoms with Crippen LogP contribution in [0.25, 0.3) is 0 Å². The molecule has 2 amide bonds.